The van der Waals surface area contributed by atoms with Crippen molar-refractivity contribution in [2.75, 3.05) is 13.6 Å². The molecule has 0 bridgehead atoms. The Kier molecular flexibility index (Phi) is 11.4. The second kappa shape index (κ2) is 13.2. The molecule has 0 radical (unpaired) electrons. The summed E-state index contributed by atoms with van der Waals surface area (Å²) in [5.41, 5.74) is 2.02. The molecule has 10 heteroatoms. The van der Waals surface area contributed by atoms with Crippen molar-refractivity contribution in [2.24, 2.45) is 4.99 Å². The zero-order valence-corrected chi connectivity index (χ0v) is 19.6. The van der Waals surface area contributed by atoms with Crippen LogP contribution in [0.2, 0.25) is 5.02 Å². The Hall–Kier alpha value is -2.14. The topological polar surface area (TPSA) is 74.8 Å². The van der Waals surface area contributed by atoms with Gasteiger partial charge in [0.25, 0.3) is 5.91 Å². The lowest BCUT2D eigenvalue weighted by Crippen LogP contribution is -2.36. The van der Waals surface area contributed by atoms with Crippen LogP contribution in [-0.2, 0) is 13.1 Å². The van der Waals surface area contributed by atoms with Crippen molar-refractivity contribution in [3.8, 4) is 5.75 Å². The fraction of sp³-hybridized carbons (Fsp3) is 0.300. The molecule has 30 heavy (non-hydrogen) atoms. The molecule has 2 aromatic carbocycles. The van der Waals surface area contributed by atoms with E-state index in [9.17, 15) is 13.6 Å². The van der Waals surface area contributed by atoms with E-state index >= 15 is 0 Å². The number of nitrogens with one attached hydrogen (secondary N) is 3. The molecule has 6 nitrogen and oxygen atoms in total. The lowest BCUT2D eigenvalue weighted by molar-refractivity contribution is -0.0504. The molecular formula is C20H24ClF2IN4O2. The number of carbonyl (C=O) groups is 1. The van der Waals surface area contributed by atoms with E-state index in [1.807, 2.05) is 19.1 Å². The summed E-state index contributed by atoms with van der Waals surface area (Å²) in [4.78, 5) is 15.9. The Morgan fingerprint density at radius 1 is 1.10 bits per heavy atom. The standard InChI is InChI=1S/C20H23ClF2N4O2.HI/c1-3-25-18(28)14-6-4-13(5-7-14)11-26-20(24-2)27-12-15-10-16(21)8-9-17(15)29-19(22)23;/h4-10,19H,3,11-12H2,1-2H3,(H,25,28)(H2,24,26,27);1H. The van der Waals surface area contributed by atoms with Crippen LogP contribution < -0.4 is 20.7 Å². The quantitative estimate of drug-likeness (QED) is 0.261. The number of ether oxygens (including phenoxy) is 1. The van der Waals surface area contributed by atoms with E-state index in [0.717, 1.165) is 5.56 Å². The average Bonchev–Trinajstić information content (AvgIpc) is 2.70. The molecule has 1 amide bonds. The number of alkyl halides is 2. The van der Waals surface area contributed by atoms with Gasteiger partial charge in [-0.05, 0) is 42.8 Å². The lowest BCUT2D eigenvalue weighted by atomic mass is 10.1. The van der Waals surface area contributed by atoms with E-state index in [1.165, 1.54) is 12.1 Å². The number of halogens is 4. The number of nitrogens with zero attached hydrogens (tertiary/aromatic N) is 1. The van der Waals surface area contributed by atoms with Gasteiger partial charge in [0.1, 0.15) is 5.75 Å². The maximum Gasteiger partial charge on any atom is 0.387 e. The lowest BCUT2D eigenvalue weighted by Gasteiger charge is -2.15. The van der Waals surface area contributed by atoms with E-state index < -0.39 is 6.61 Å². The molecule has 0 saturated heterocycles. The Balaban J connectivity index is 0.00000450. The summed E-state index contributed by atoms with van der Waals surface area (Å²) in [5, 5.41) is 9.31. The Labute approximate surface area is 196 Å². The molecule has 2 rings (SSSR count). The van der Waals surface area contributed by atoms with E-state index in [2.05, 4.69) is 25.7 Å². The normalized spacial score (nSPS) is 10.9. The van der Waals surface area contributed by atoms with E-state index in [0.29, 0.717) is 35.2 Å². The third-order valence-corrected chi connectivity index (χ3v) is 4.16. The van der Waals surface area contributed by atoms with Gasteiger partial charge in [-0.15, -0.1) is 24.0 Å². The first kappa shape index (κ1) is 25.9. The van der Waals surface area contributed by atoms with Crippen LogP contribution in [0, 0.1) is 0 Å². The highest BCUT2D eigenvalue weighted by atomic mass is 127. The predicted molar refractivity (Wildman–Crippen MR) is 125 cm³/mol. The smallest absolute Gasteiger partial charge is 0.387 e. The number of hydrogen-bond donors (Lipinski definition) is 3. The minimum Gasteiger partial charge on any atom is -0.434 e. The van der Waals surface area contributed by atoms with Crippen molar-refractivity contribution in [2.45, 2.75) is 26.6 Å². The Morgan fingerprint density at radius 3 is 2.37 bits per heavy atom. The summed E-state index contributed by atoms with van der Waals surface area (Å²) < 4.78 is 29.6. The molecule has 0 aliphatic heterocycles. The van der Waals surface area contributed by atoms with Crippen LogP contribution in [0.3, 0.4) is 0 Å². The summed E-state index contributed by atoms with van der Waals surface area (Å²) in [6.45, 7) is 0.167. The molecule has 0 fully saturated rings. The number of benzene rings is 2. The largest absolute Gasteiger partial charge is 0.434 e. The first-order valence-corrected chi connectivity index (χ1v) is 9.35. The van der Waals surface area contributed by atoms with Gasteiger partial charge in [0.15, 0.2) is 5.96 Å². The number of guanidine groups is 1. The molecule has 0 aromatic heterocycles. The number of aliphatic imine (C=N–C) groups is 1. The molecule has 0 atom stereocenters. The highest BCUT2D eigenvalue weighted by Gasteiger charge is 2.11. The van der Waals surface area contributed by atoms with Gasteiger partial charge in [-0.25, -0.2) is 0 Å². The minimum absolute atomic E-state index is 0. The second-order valence-electron chi connectivity index (χ2n) is 5.97. The molecular weight excluding hydrogens is 529 g/mol. The van der Waals surface area contributed by atoms with Gasteiger partial charge in [0.2, 0.25) is 0 Å². The highest BCUT2D eigenvalue weighted by Crippen LogP contribution is 2.24. The summed E-state index contributed by atoms with van der Waals surface area (Å²) in [6, 6.07) is 11.6. The van der Waals surface area contributed by atoms with Crippen LogP contribution in [0.4, 0.5) is 8.78 Å². The van der Waals surface area contributed by atoms with E-state index in [4.69, 9.17) is 11.6 Å². The van der Waals surface area contributed by atoms with Gasteiger partial charge in [0.05, 0.1) is 0 Å². The number of hydrogen-bond acceptors (Lipinski definition) is 3. The minimum atomic E-state index is -2.92. The van der Waals surface area contributed by atoms with Gasteiger partial charge in [0, 0.05) is 42.8 Å². The Bertz CT molecular complexity index is 851. The van der Waals surface area contributed by atoms with E-state index in [1.54, 1.807) is 25.2 Å². The van der Waals surface area contributed by atoms with Crippen LogP contribution in [-0.4, -0.2) is 32.1 Å². The third kappa shape index (κ3) is 8.31. The van der Waals surface area contributed by atoms with Crippen LogP contribution >= 0.6 is 35.6 Å². The second-order valence-corrected chi connectivity index (χ2v) is 6.40. The van der Waals surface area contributed by atoms with Crippen LogP contribution in [0.15, 0.2) is 47.5 Å². The fourth-order valence-electron chi connectivity index (χ4n) is 2.52. The van der Waals surface area contributed by atoms with E-state index in [-0.39, 0.29) is 42.2 Å². The van der Waals surface area contributed by atoms with Crippen molar-refractivity contribution in [3.05, 3.63) is 64.2 Å². The van der Waals surface area contributed by atoms with Crippen LogP contribution in [0.25, 0.3) is 0 Å². The van der Waals surface area contributed by atoms with Gasteiger partial charge in [-0.1, -0.05) is 23.7 Å². The maximum absolute atomic E-state index is 12.6. The SMILES string of the molecule is CCNC(=O)c1ccc(CNC(=NC)NCc2cc(Cl)ccc2OC(F)F)cc1.I. The van der Waals surface area contributed by atoms with Gasteiger partial charge in [-0.2, -0.15) is 8.78 Å². The van der Waals surface area contributed by atoms with Gasteiger partial charge >= 0.3 is 6.61 Å². The average molecular weight is 553 g/mol. The summed E-state index contributed by atoms with van der Waals surface area (Å²) in [7, 11) is 1.60. The maximum atomic E-state index is 12.6. The van der Waals surface area contributed by atoms with Crippen molar-refractivity contribution in [1.29, 1.82) is 0 Å². The van der Waals surface area contributed by atoms with Gasteiger partial charge < -0.3 is 20.7 Å². The summed E-state index contributed by atoms with van der Waals surface area (Å²) in [5.74, 6) is 0.405. The van der Waals surface area contributed by atoms with Crippen molar-refractivity contribution < 1.29 is 18.3 Å². The van der Waals surface area contributed by atoms with Crippen molar-refractivity contribution in [3.63, 3.8) is 0 Å². The van der Waals surface area contributed by atoms with Crippen molar-refractivity contribution in [1.82, 2.24) is 16.0 Å². The molecule has 164 valence electrons. The molecule has 0 aliphatic rings. The number of rotatable bonds is 8. The highest BCUT2D eigenvalue weighted by molar-refractivity contribution is 14.0. The van der Waals surface area contributed by atoms with Crippen LogP contribution in [0.1, 0.15) is 28.4 Å². The molecule has 0 heterocycles. The Morgan fingerprint density at radius 2 is 1.77 bits per heavy atom. The molecule has 3 N–H and O–H groups in total. The number of amides is 1. The first-order valence-electron chi connectivity index (χ1n) is 8.97. The molecule has 2 aromatic rings. The molecule has 0 aliphatic carbocycles. The molecule has 0 spiro atoms. The predicted octanol–water partition coefficient (Wildman–Crippen LogP) is 4.17. The number of carbonyl (C=O) groups excluding carboxylic acids is 1. The summed E-state index contributed by atoms with van der Waals surface area (Å²) >= 11 is 5.95. The third-order valence-electron chi connectivity index (χ3n) is 3.92. The fourth-order valence-corrected chi connectivity index (χ4v) is 2.71. The first-order chi connectivity index (χ1) is 13.9. The monoisotopic (exact) mass is 552 g/mol. The van der Waals surface area contributed by atoms with Gasteiger partial charge in [-0.3, -0.25) is 9.79 Å². The summed E-state index contributed by atoms with van der Waals surface area (Å²) in [6.07, 6.45) is 0. The molecule has 0 saturated carbocycles. The van der Waals surface area contributed by atoms with Crippen molar-refractivity contribution >= 4 is 47.4 Å². The van der Waals surface area contributed by atoms with Crippen LogP contribution in [0.5, 0.6) is 5.75 Å². The zero-order chi connectivity index (χ0) is 21.2. The zero-order valence-electron chi connectivity index (χ0n) is 16.5. The molecule has 0 unspecified atom stereocenters.